The highest BCUT2D eigenvalue weighted by Crippen LogP contribution is 2.18. The molecule has 0 saturated heterocycles. The molecular weight excluding hydrogens is 300 g/mol. The Bertz CT molecular complexity index is 597. The fourth-order valence-corrected chi connectivity index (χ4v) is 2.43. The summed E-state index contributed by atoms with van der Waals surface area (Å²) in [6.45, 7) is 6.71. The fourth-order valence-electron chi connectivity index (χ4n) is 1.77. The van der Waals surface area contributed by atoms with Gasteiger partial charge < -0.3 is 11.1 Å². The summed E-state index contributed by atoms with van der Waals surface area (Å²) in [5.74, 6) is 0.873. The first kappa shape index (κ1) is 18.4. The number of aliphatic imine (C=N–C) groups is 1. The van der Waals surface area contributed by atoms with Gasteiger partial charge in [-0.1, -0.05) is 26.0 Å². The van der Waals surface area contributed by atoms with Crippen LogP contribution in [-0.4, -0.2) is 33.2 Å². The van der Waals surface area contributed by atoms with Gasteiger partial charge in [0.05, 0.1) is 5.75 Å². The molecule has 0 radical (unpaired) electrons. The number of anilines is 1. The summed E-state index contributed by atoms with van der Waals surface area (Å²) in [6, 6.07) is 8.03. The van der Waals surface area contributed by atoms with Crippen LogP contribution in [0.2, 0.25) is 0 Å². The zero-order valence-corrected chi connectivity index (χ0v) is 14.3. The normalized spacial score (nSPS) is 12.6. The second-order valence-electron chi connectivity index (χ2n) is 5.32. The van der Waals surface area contributed by atoms with Crippen molar-refractivity contribution in [1.29, 1.82) is 0 Å². The lowest BCUT2D eigenvalue weighted by Gasteiger charge is -2.10. The zero-order valence-electron chi connectivity index (χ0n) is 13.5. The number of guanidine groups is 1. The van der Waals surface area contributed by atoms with Crippen LogP contribution in [0.4, 0.5) is 5.69 Å². The monoisotopic (exact) mass is 326 g/mol. The molecule has 0 aliphatic carbocycles. The number of hydrogen-bond acceptors (Lipinski definition) is 3. The van der Waals surface area contributed by atoms with Gasteiger partial charge in [-0.05, 0) is 37.0 Å². The molecule has 0 saturated carbocycles. The first-order chi connectivity index (χ1) is 10.3. The van der Waals surface area contributed by atoms with Crippen molar-refractivity contribution in [2.45, 2.75) is 33.1 Å². The molecule has 6 nitrogen and oxygen atoms in total. The van der Waals surface area contributed by atoms with Crippen LogP contribution in [0.25, 0.3) is 0 Å². The van der Waals surface area contributed by atoms with Crippen molar-refractivity contribution in [3.63, 3.8) is 0 Å². The van der Waals surface area contributed by atoms with Crippen LogP contribution in [0.5, 0.6) is 0 Å². The number of rotatable bonds is 8. The summed E-state index contributed by atoms with van der Waals surface area (Å²) in [6.07, 6.45) is 0.605. The summed E-state index contributed by atoms with van der Waals surface area (Å²) in [4.78, 5) is 4.19. The minimum Gasteiger partial charge on any atom is -0.370 e. The maximum atomic E-state index is 11.2. The Hall–Kier alpha value is -1.60. The van der Waals surface area contributed by atoms with Gasteiger partial charge in [0.2, 0.25) is 10.0 Å². The molecular formula is C15H26N4O2S. The van der Waals surface area contributed by atoms with E-state index >= 15 is 0 Å². The maximum Gasteiger partial charge on any atom is 0.211 e. The number of nitrogens with two attached hydrogens (primary N) is 1. The highest BCUT2D eigenvalue weighted by atomic mass is 32.2. The molecule has 124 valence electrons. The van der Waals surface area contributed by atoms with E-state index in [1.54, 1.807) is 6.92 Å². The minimum absolute atomic E-state index is 0.0894. The molecule has 0 unspecified atom stereocenters. The van der Waals surface area contributed by atoms with Crippen molar-refractivity contribution in [3.05, 3.63) is 29.8 Å². The molecule has 4 N–H and O–H groups in total. The standard InChI is InChI=1S/C15H26N4O2S/c1-4-22(20,21)18-10-6-9-17-15(16)19-14-8-5-7-13(11-14)12(2)3/h5,7-8,11-12,18H,4,6,9-10H2,1-3H3,(H3,16,17,19). The first-order valence-electron chi connectivity index (χ1n) is 7.48. The molecule has 0 aromatic heterocycles. The Morgan fingerprint density at radius 2 is 2.09 bits per heavy atom. The molecule has 0 amide bonds. The van der Waals surface area contributed by atoms with E-state index in [0.29, 0.717) is 31.4 Å². The SMILES string of the molecule is CCS(=O)(=O)NCCCN=C(N)Nc1cccc(C(C)C)c1. The predicted octanol–water partition coefficient (Wildman–Crippen LogP) is 1.87. The van der Waals surface area contributed by atoms with Crippen molar-refractivity contribution in [2.75, 3.05) is 24.2 Å². The summed E-state index contributed by atoms with van der Waals surface area (Å²) in [5.41, 5.74) is 7.96. The Labute approximate surface area is 133 Å². The lowest BCUT2D eigenvalue weighted by Crippen LogP contribution is -2.27. The van der Waals surface area contributed by atoms with Gasteiger partial charge >= 0.3 is 0 Å². The van der Waals surface area contributed by atoms with Gasteiger partial charge in [-0.2, -0.15) is 0 Å². The molecule has 1 aromatic rings. The second-order valence-corrected chi connectivity index (χ2v) is 7.42. The average molecular weight is 326 g/mol. The van der Waals surface area contributed by atoms with Gasteiger partial charge in [0.25, 0.3) is 0 Å². The molecule has 0 fully saturated rings. The van der Waals surface area contributed by atoms with E-state index in [2.05, 4.69) is 34.9 Å². The predicted molar refractivity (Wildman–Crippen MR) is 92.7 cm³/mol. The van der Waals surface area contributed by atoms with E-state index in [1.165, 1.54) is 5.56 Å². The van der Waals surface area contributed by atoms with Crippen molar-refractivity contribution >= 4 is 21.7 Å². The highest BCUT2D eigenvalue weighted by Gasteiger charge is 2.04. The first-order valence-corrected chi connectivity index (χ1v) is 9.13. The van der Waals surface area contributed by atoms with Crippen molar-refractivity contribution in [1.82, 2.24) is 4.72 Å². The Kier molecular flexibility index (Phi) is 7.34. The van der Waals surface area contributed by atoms with E-state index in [0.717, 1.165) is 5.69 Å². The Morgan fingerprint density at radius 3 is 2.73 bits per heavy atom. The third kappa shape index (κ3) is 6.91. The molecule has 7 heteroatoms. The molecule has 0 bridgehead atoms. The number of benzene rings is 1. The summed E-state index contributed by atoms with van der Waals surface area (Å²) < 4.78 is 25.0. The zero-order chi connectivity index (χ0) is 16.6. The van der Waals surface area contributed by atoms with E-state index in [1.807, 2.05) is 18.2 Å². The highest BCUT2D eigenvalue weighted by molar-refractivity contribution is 7.89. The van der Waals surface area contributed by atoms with Crippen molar-refractivity contribution in [3.8, 4) is 0 Å². The number of hydrogen-bond donors (Lipinski definition) is 3. The van der Waals surface area contributed by atoms with Crippen LogP contribution in [0, 0.1) is 0 Å². The second kappa shape index (κ2) is 8.75. The van der Waals surface area contributed by atoms with Gasteiger partial charge in [0, 0.05) is 18.8 Å². The molecule has 1 aromatic carbocycles. The molecule has 0 aliphatic heterocycles. The molecule has 1 rings (SSSR count). The number of sulfonamides is 1. The topological polar surface area (TPSA) is 96.6 Å². The Morgan fingerprint density at radius 1 is 1.36 bits per heavy atom. The van der Waals surface area contributed by atoms with E-state index in [4.69, 9.17) is 5.73 Å². The van der Waals surface area contributed by atoms with E-state index in [-0.39, 0.29) is 5.75 Å². The van der Waals surface area contributed by atoms with Crippen LogP contribution >= 0.6 is 0 Å². The van der Waals surface area contributed by atoms with Crippen molar-refractivity contribution < 1.29 is 8.42 Å². The summed E-state index contributed by atoms with van der Waals surface area (Å²) in [5, 5.41) is 3.04. The van der Waals surface area contributed by atoms with Crippen LogP contribution < -0.4 is 15.8 Å². The Balaban J connectivity index is 2.42. The quantitative estimate of drug-likeness (QED) is 0.386. The maximum absolute atomic E-state index is 11.2. The summed E-state index contributed by atoms with van der Waals surface area (Å²) >= 11 is 0. The number of nitrogens with zero attached hydrogens (tertiary/aromatic N) is 1. The minimum atomic E-state index is -3.13. The van der Waals surface area contributed by atoms with Gasteiger partial charge in [-0.25, -0.2) is 13.1 Å². The molecule has 0 spiro atoms. The average Bonchev–Trinajstić information content (AvgIpc) is 2.47. The fraction of sp³-hybridized carbons (Fsp3) is 0.533. The van der Waals surface area contributed by atoms with Gasteiger partial charge in [-0.15, -0.1) is 0 Å². The largest absolute Gasteiger partial charge is 0.370 e. The summed E-state index contributed by atoms with van der Waals surface area (Å²) in [7, 11) is -3.13. The number of nitrogens with one attached hydrogen (secondary N) is 2. The molecule has 0 aliphatic rings. The van der Waals surface area contributed by atoms with E-state index < -0.39 is 10.0 Å². The van der Waals surface area contributed by atoms with Crippen LogP contribution in [0.15, 0.2) is 29.3 Å². The van der Waals surface area contributed by atoms with E-state index in [9.17, 15) is 8.42 Å². The van der Waals surface area contributed by atoms with Gasteiger partial charge in [0.15, 0.2) is 5.96 Å². The molecule has 0 heterocycles. The van der Waals surface area contributed by atoms with Gasteiger partial charge in [0.1, 0.15) is 0 Å². The third-order valence-electron chi connectivity index (χ3n) is 3.14. The lowest BCUT2D eigenvalue weighted by molar-refractivity contribution is 0.581. The van der Waals surface area contributed by atoms with Crippen LogP contribution in [0.3, 0.4) is 0 Å². The lowest BCUT2D eigenvalue weighted by atomic mass is 10.0. The smallest absolute Gasteiger partial charge is 0.211 e. The third-order valence-corrected chi connectivity index (χ3v) is 4.55. The molecule has 22 heavy (non-hydrogen) atoms. The van der Waals surface area contributed by atoms with Crippen LogP contribution in [0.1, 0.15) is 38.7 Å². The van der Waals surface area contributed by atoms with Gasteiger partial charge in [-0.3, -0.25) is 4.99 Å². The van der Waals surface area contributed by atoms with Crippen LogP contribution in [-0.2, 0) is 10.0 Å². The molecule has 0 atom stereocenters. The van der Waals surface area contributed by atoms with Crippen molar-refractivity contribution in [2.24, 2.45) is 10.7 Å².